The first-order valence-electron chi connectivity index (χ1n) is 23.5. The maximum Gasteiger partial charge on any atom is 0.326 e. The van der Waals surface area contributed by atoms with Crippen LogP contribution < -0.4 is 10.6 Å². The van der Waals surface area contributed by atoms with Crippen LogP contribution in [0, 0.1) is 23.7 Å². The minimum atomic E-state index is -1.18. The average Bonchev–Trinajstić information content (AvgIpc) is 3.83. The normalized spacial score (nSPS) is 18.6. The number of carboxylic acids is 1. The SMILES string of the molecule is C=C1CC(C(OC)[C@@H](C)C(=O)N[C@@H](Cc2ccccc2)C(=O)O)N(C(=O)CC(OC)C(C(C)CC)N(C)C(=O)[C@@H](NC(=O)C(C(C)C)N(C)C(=O)CCCCCN2C(=O)C=CC2=O)C(C)C)C1. The standard InChI is InChI=1S/C50H76N6O11/c1-13-33(7)45(54(10)49(63)43(30(2)3)52-48(62)44(31(4)5)53(9)39(57)22-18-15-19-25-55-40(58)23-24-41(55)59)38(66-11)28-42(60)56-29-32(6)26-37(56)46(67-12)34(8)47(61)51-36(50(64)65)27-35-20-16-14-17-21-35/h14,16-17,20-21,23-24,30-31,33-34,36-38,43-46H,6,13,15,18-19,22,25-29H2,1-5,7-12H3,(H,51,61)(H,52,62)(H,64,65)/t33?,34-,36+,37?,38?,43+,44?,45?,46?/m1/s1. The molecule has 6 unspecified atom stereocenters. The smallest absolute Gasteiger partial charge is 0.326 e. The number of nitrogens with one attached hydrogen (secondary N) is 2. The van der Waals surface area contributed by atoms with Crippen LogP contribution in [0.4, 0.5) is 0 Å². The summed E-state index contributed by atoms with van der Waals surface area (Å²) in [6.07, 6.45) is 3.62. The number of imide groups is 1. The van der Waals surface area contributed by atoms with Gasteiger partial charge in [0.2, 0.25) is 29.5 Å². The maximum atomic E-state index is 14.6. The van der Waals surface area contributed by atoms with Crippen LogP contribution in [-0.4, -0.2) is 156 Å². The molecule has 9 atom stereocenters. The van der Waals surface area contributed by atoms with Crippen molar-refractivity contribution in [3.63, 3.8) is 0 Å². The first-order chi connectivity index (χ1) is 31.6. The fourth-order valence-electron chi connectivity index (χ4n) is 9.21. The van der Waals surface area contributed by atoms with E-state index in [2.05, 4.69) is 17.2 Å². The number of hydrogen-bond acceptors (Lipinski definition) is 10. The minimum Gasteiger partial charge on any atom is -0.480 e. The van der Waals surface area contributed by atoms with Crippen molar-refractivity contribution in [1.82, 2.24) is 30.2 Å². The Morgan fingerprint density at radius 3 is 2.01 bits per heavy atom. The third-order valence-corrected chi connectivity index (χ3v) is 13.3. The van der Waals surface area contributed by atoms with Crippen molar-refractivity contribution in [1.29, 1.82) is 0 Å². The van der Waals surface area contributed by atoms with Crippen molar-refractivity contribution < 1.29 is 52.9 Å². The van der Waals surface area contributed by atoms with Crippen LogP contribution >= 0.6 is 0 Å². The zero-order valence-electron chi connectivity index (χ0n) is 41.5. The number of nitrogens with zero attached hydrogens (tertiary/aromatic N) is 4. The largest absolute Gasteiger partial charge is 0.480 e. The van der Waals surface area contributed by atoms with E-state index in [1.807, 2.05) is 47.6 Å². The number of aliphatic carboxylic acids is 1. The van der Waals surface area contributed by atoms with Crippen LogP contribution in [0.25, 0.3) is 0 Å². The highest BCUT2D eigenvalue weighted by molar-refractivity contribution is 6.12. The molecule has 17 nitrogen and oxygen atoms in total. The number of ether oxygens (including phenoxy) is 2. The molecule has 372 valence electrons. The van der Waals surface area contributed by atoms with Crippen molar-refractivity contribution in [2.75, 3.05) is 41.4 Å². The van der Waals surface area contributed by atoms with Gasteiger partial charge in [0, 0.05) is 66.4 Å². The third-order valence-electron chi connectivity index (χ3n) is 13.3. The molecule has 2 aliphatic rings. The van der Waals surface area contributed by atoms with Gasteiger partial charge in [0.1, 0.15) is 18.1 Å². The predicted molar refractivity (Wildman–Crippen MR) is 253 cm³/mol. The number of rotatable bonds is 27. The second kappa shape index (κ2) is 26.2. The molecular formula is C50H76N6O11. The molecule has 3 N–H and O–H groups in total. The molecule has 0 aromatic heterocycles. The summed E-state index contributed by atoms with van der Waals surface area (Å²) in [4.78, 5) is 112. The number of benzene rings is 1. The number of carbonyl (C=O) groups is 8. The highest BCUT2D eigenvalue weighted by Crippen LogP contribution is 2.31. The van der Waals surface area contributed by atoms with Crippen molar-refractivity contribution >= 4 is 47.3 Å². The molecule has 1 saturated heterocycles. The Bertz CT molecular complexity index is 1920. The number of carbonyl (C=O) groups excluding carboxylic acids is 7. The summed E-state index contributed by atoms with van der Waals surface area (Å²) in [5.74, 6) is -5.49. The van der Waals surface area contributed by atoms with Crippen LogP contribution in [0.1, 0.15) is 99.0 Å². The van der Waals surface area contributed by atoms with Gasteiger partial charge in [-0.1, -0.05) is 104 Å². The van der Waals surface area contributed by atoms with Crippen LogP contribution in [-0.2, 0) is 54.3 Å². The number of likely N-dealkylation sites (N-methyl/N-ethyl adjacent to an activating group) is 2. The number of likely N-dealkylation sites (tertiary alicyclic amines) is 1. The highest BCUT2D eigenvalue weighted by atomic mass is 16.5. The van der Waals surface area contributed by atoms with E-state index in [1.54, 1.807) is 55.1 Å². The Kier molecular flexibility index (Phi) is 21.9. The van der Waals surface area contributed by atoms with Gasteiger partial charge in [0.15, 0.2) is 0 Å². The molecule has 1 aromatic carbocycles. The van der Waals surface area contributed by atoms with Crippen molar-refractivity contribution in [2.45, 2.75) is 142 Å². The lowest BCUT2D eigenvalue weighted by Crippen LogP contribution is -2.60. The molecule has 3 rings (SSSR count). The Morgan fingerprint density at radius 1 is 0.851 bits per heavy atom. The van der Waals surface area contributed by atoms with E-state index < -0.39 is 66.1 Å². The molecule has 17 heteroatoms. The monoisotopic (exact) mass is 937 g/mol. The molecular weight excluding hydrogens is 861 g/mol. The molecule has 1 fully saturated rings. The number of hydrogen-bond donors (Lipinski definition) is 3. The van der Waals surface area contributed by atoms with E-state index in [0.29, 0.717) is 32.1 Å². The van der Waals surface area contributed by atoms with E-state index in [1.165, 1.54) is 36.2 Å². The predicted octanol–water partition coefficient (Wildman–Crippen LogP) is 3.99. The lowest BCUT2D eigenvalue weighted by atomic mass is 9.89. The van der Waals surface area contributed by atoms with Gasteiger partial charge >= 0.3 is 5.97 Å². The van der Waals surface area contributed by atoms with Gasteiger partial charge in [-0.15, -0.1) is 0 Å². The molecule has 0 radical (unpaired) electrons. The Morgan fingerprint density at radius 2 is 1.48 bits per heavy atom. The van der Waals surface area contributed by atoms with Gasteiger partial charge in [0.25, 0.3) is 11.8 Å². The summed E-state index contributed by atoms with van der Waals surface area (Å²) in [5, 5.41) is 15.6. The number of unbranched alkanes of at least 4 members (excludes halogenated alkanes) is 2. The quantitative estimate of drug-likeness (QED) is 0.0652. The topological polar surface area (TPSA) is 212 Å². The second-order valence-electron chi connectivity index (χ2n) is 18.8. The number of amides is 7. The summed E-state index contributed by atoms with van der Waals surface area (Å²) in [5.41, 5.74) is 1.51. The van der Waals surface area contributed by atoms with Crippen LogP contribution in [0.2, 0.25) is 0 Å². The van der Waals surface area contributed by atoms with Gasteiger partial charge < -0.3 is 39.9 Å². The fraction of sp³-hybridized carbons (Fsp3) is 0.640. The van der Waals surface area contributed by atoms with E-state index in [9.17, 15) is 43.5 Å². The molecule has 2 aliphatic heterocycles. The molecule has 67 heavy (non-hydrogen) atoms. The Balaban J connectivity index is 1.74. The zero-order valence-corrected chi connectivity index (χ0v) is 41.5. The van der Waals surface area contributed by atoms with Gasteiger partial charge in [-0.25, -0.2) is 4.79 Å². The maximum absolute atomic E-state index is 14.6. The minimum absolute atomic E-state index is 0.0856. The molecule has 0 bridgehead atoms. The van der Waals surface area contributed by atoms with Crippen LogP contribution in [0.3, 0.4) is 0 Å². The van der Waals surface area contributed by atoms with Gasteiger partial charge in [-0.3, -0.25) is 38.5 Å². The third kappa shape index (κ3) is 15.0. The molecule has 7 amide bonds. The van der Waals surface area contributed by atoms with Crippen molar-refractivity contribution in [2.24, 2.45) is 23.7 Å². The Labute approximate surface area is 397 Å². The summed E-state index contributed by atoms with van der Waals surface area (Å²) in [7, 11) is 6.15. The average molecular weight is 937 g/mol. The van der Waals surface area contributed by atoms with E-state index >= 15 is 0 Å². The zero-order chi connectivity index (χ0) is 50.3. The summed E-state index contributed by atoms with van der Waals surface area (Å²) >= 11 is 0. The first-order valence-corrected chi connectivity index (χ1v) is 23.5. The number of carboxylic acid groups (broad SMARTS) is 1. The molecule has 0 saturated carbocycles. The molecule has 0 spiro atoms. The van der Waals surface area contributed by atoms with Crippen molar-refractivity contribution in [3.05, 3.63) is 60.2 Å². The second-order valence-corrected chi connectivity index (χ2v) is 18.8. The molecule has 0 aliphatic carbocycles. The van der Waals surface area contributed by atoms with E-state index in [0.717, 1.165) is 11.1 Å². The van der Waals surface area contributed by atoms with Crippen molar-refractivity contribution in [3.8, 4) is 0 Å². The lowest BCUT2D eigenvalue weighted by molar-refractivity contribution is -0.149. The summed E-state index contributed by atoms with van der Waals surface area (Å²) < 4.78 is 11.9. The first kappa shape index (κ1) is 55.9. The molecule has 1 aromatic rings. The lowest BCUT2D eigenvalue weighted by Gasteiger charge is -2.41. The highest BCUT2D eigenvalue weighted by Gasteiger charge is 2.44. The van der Waals surface area contributed by atoms with Crippen LogP contribution in [0.15, 0.2) is 54.6 Å². The van der Waals surface area contributed by atoms with E-state index in [-0.39, 0.29) is 79.6 Å². The summed E-state index contributed by atoms with van der Waals surface area (Å²) in [6.45, 7) is 17.5. The Hall–Kier alpha value is -5.42. The van der Waals surface area contributed by atoms with E-state index in [4.69, 9.17) is 9.47 Å². The fourth-order valence-corrected chi connectivity index (χ4v) is 9.21. The number of methoxy groups -OCH3 is 2. The van der Waals surface area contributed by atoms with Gasteiger partial charge in [-0.05, 0) is 42.6 Å². The van der Waals surface area contributed by atoms with Crippen LogP contribution in [0.5, 0.6) is 0 Å². The van der Waals surface area contributed by atoms with Gasteiger partial charge in [-0.2, -0.15) is 0 Å². The molecule has 2 heterocycles. The van der Waals surface area contributed by atoms with Gasteiger partial charge in [0.05, 0.1) is 36.6 Å². The summed E-state index contributed by atoms with van der Waals surface area (Å²) in [6, 6.07) is 4.73.